The third kappa shape index (κ3) is 2.91. The first-order valence-electron chi connectivity index (χ1n) is 10.6. The van der Waals surface area contributed by atoms with Crippen molar-refractivity contribution in [1.29, 1.82) is 0 Å². The summed E-state index contributed by atoms with van der Waals surface area (Å²) in [4.78, 5) is 26.2. The number of rotatable bonds is 3. The number of Topliss-reactive ketones (excluding diaryl/α,β-unsaturated/α-hetero) is 1. The smallest absolute Gasteiger partial charge is 0.315 e. The molecule has 0 saturated carbocycles. The first-order valence-corrected chi connectivity index (χ1v) is 11.0. The summed E-state index contributed by atoms with van der Waals surface area (Å²) in [6.45, 7) is 9.54. The Morgan fingerprint density at radius 1 is 1.37 bits per heavy atom. The number of cyclic esters (lactones) is 1. The molecule has 0 amide bonds. The molecule has 1 unspecified atom stereocenters. The summed E-state index contributed by atoms with van der Waals surface area (Å²) in [6.07, 6.45) is 6.18. The van der Waals surface area contributed by atoms with Gasteiger partial charge in [0.1, 0.15) is 23.4 Å². The molecule has 8 atom stereocenters. The van der Waals surface area contributed by atoms with Gasteiger partial charge in [-0.3, -0.25) is 9.59 Å². The number of ketones is 1. The van der Waals surface area contributed by atoms with E-state index in [1.54, 1.807) is 26.8 Å². The maximum absolute atomic E-state index is 13.3. The van der Waals surface area contributed by atoms with Crippen LogP contribution in [0.5, 0.6) is 0 Å². The molecular formula is C23H29ClO6. The zero-order valence-electron chi connectivity index (χ0n) is 18.0. The second-order valence-electron chi connectivity index (χ2n) is 9.20. The number of fused-ring (bicyclic) bond motifs is 5. The minimum absolute atomic E-state index is 0.0767. The predicted octanol–water partition coefficient (Wildman–Crippen LogP) is 3.49. The van der Waals surface area contributed by atoms with Gasteiger partial charge < -0.3 is 19.3 Å². The Kier molecular flexibility index (Phi) is 5.19. The molecule has 6 nitrogen and oxygen atoms in total. The predicted molar refractivity (Wildman–Crippen MR) is 110 cm³/mol. The molecule has 164 valence electrons. The lowest BCUT2D eigenvalue weighted by molar-refractivity contribution is -0.286. The van der Waals surface area contributed by atoms with Crippen LogP contribution in [0.1, 0.15) is 41.0 Å². The van der Waals surface area contributed by atoms with E-state index in [4.69, 9.17) is 25.8 Å². The zero-order chi connectivity index (χ0) is 22.0. The second kappa shape index (κ2) is 7.21. The fraction of sp³-hybridized carbons (Fsp3) is 0.652. The summed E-state index contributed by atoms with van der Waals surface area (Å²) in [5.41, 5.74) is -0.797. The van der Waals surface area contributed by atoms with E-state index in [-0.39, 0.29) is 17.6 Å². The number of esters is 1. The van der Waals surface area contributed by atoms with Crippen LogP contribution >= 0.6 is 11.6 Å². The Balaban J connectivity index is 1.77. The Hall–Kier alpha value is -1.63. The van der Waals surface area contributed by atoms with Crippen molar-refractivity contribution in [3.05, 3.63) is 34.6 Å². The highest BCUT2D eigenvalue weighted by molar-refractivity contribution is 6.44. The van der Waals surface area contributed by atoms with Crippen molar-refractivity contribution in [2.75, 3.05) is 6.61 Å². The highest BCUT2D eigenvalue weighted by atomic mass is 35.5. The molecule has 7 heteroatoms. The minimum atomic E-state index is -1.79. The normalized spacial score (nSPS) is 44.1. The lowest BCUT2D eigenvalue weighted by atomic mass is 9.62. The fourth-order valence-electron chi connectivity index (χ4n) is 5.19. The average Bonchev–Trinajstić information content (AvgIpc) is 2.98. The number of ether oxygens (including phenoxy) is 3. The third-order valence-electron chi connectivity index (χ3n) is 7.43. The number of halogens is 1. The number of allylic oxidation sites excluding steroid dienone is 3. The van der Waals surface area contributed by atoms with Gasteiger partial charge in [-0.2, -0.15) is 0 Å². The highest BCUT2D eigenvalue weighted by Gasteiger charge is 2.73. The first kappa shape index (κ1) is 21.6. The van der Waals surface area contributed by atoms with Gasteiger partial charge in [0.2, 0.25) is 5.78 Å². The van der Waals surface area contributed by atoms with Gasteiger partial charge in [0.25, 0.3) is 0 Å². The van der Waals surface area contributed by atoms with E-state index in [1.165, 1.54) is 0 Å². The van der Waals surface area contributed by atoms with Crippen LogP contribution in [0.3, 0.4) is 0 Å². The van der Waals surface area contributed by atoms with Gasteiger partial charge >= 0.3 is 5.97 Å². The van der Waals surface area contributed by atoms with E-state index < -0.39 is 47.0 Å². The van der Waals surface area contributed by atoms with E-state index in [9.17, 15) is 14.7 Å². The number of carbonyl (C=O) groups is 2. The first-order chi connectivity index (χ1) is 14.0. The van der Waals surface area contributed by atoms with Gasteiger partial charge in [-0.25, -0.2) is 0 Å². The van der Waals surface area contributed by atoms with E-state index in [0.717, 1.165) is 6.42 Å². The Bertz CT molecular complexity index is 875. The van der Waals surface area contributed by atoms with Crippen LogP contribution in [0.15, 0.2) is 34.6 Å². The molecule has 0 spiro atoms. The average molecular weight is 437 g/mol. The van der Waals surface area contributed by atoms with Crippen LogP contribution in [0, 0.1) is 29.6 Å². The van der Waals surface area contributed by atoms with Crippen LogP contribution in [-0.4, -0.2) is 41.0 Å². The van der Waals surface area contributed by atoms with Gasteiger partial charge in [0, 0.05) is 17.8 Å². The minimum Gasteiger partial charge on any atom is -0.493 e. The van der Waals surface area contributed by atoms with E-state index in [1.807, 2.05) is 12.2 Å². The van der Waals surface area contributed by atoms with Crippen LogP contribution in [0.2, 0.25) is 0 Å². The van der Waals surface area contributed by atoms with E-state index >= 15 is 0 Å². The Labute approximate surface area is 181 Å². The highest BCUT2D eigenvalue weighted by Crippen LogP contribution is 2.60. The molecule has 0 aromatic rings. The molecular weight excluding hydrogens is 408 g/mol. The number of hydrogen-bond acceptors (Lipinski definition) is 6. The summed E-state index contributed by atoms with van der Waals surface area (Å²) in [6, 6.07) is 0. The number of carbonyl (C=O) groups excluding carboxylic acids is 2. The standard InChI is InChI=1S/C23H29ClO6/c1-6-11(2)7-8-14-9-15-16(10-28-14)17-18-21(26)29-13(4)12(3)23(18,27)30-22(17,5)20(25)19(15)24/h7-9,11-13,16-18,27H,6,10H2,1-5H3/b8-7+/t11-,12+,13+,16?,17-,18-,22-,23-/m0/s1. The van der Waals surface area contributed by atoms with E-state index in [0.29, 0.717) is 17.3 Å². The molecule has 1 aliphatic carbocycles. The molecule has 0 bridgehead atoms. The zero-order valence-corrected chi connectivity index (χ0v) is 18.7. The van der Waals surface area contributed by atoms with Gasteiger partial charge in [-0.1, -0.05) is 44.9 Å². The van der Waals surface area contributed by atoms with Crippen molar-refractivity contribution in [3.63, 3.8) is 0 Å². The second-order valence-corrected chi connectivity index (χ2v) is 9.58. The van der Waals surface area contributed by atoms with Crippen molar-refractivity contribution >= 4 is 23.4 Å². The summed E-state index contributed by atoms with van der Waals surface area (Å²) < 4.78 is 17.5. The molecule has 0 radical (unpaired) electrons. The quantitative estimate of drug-likeness (QED) is 0.682. The Morgan fingerprint density at radius 2 is 2.07 bits per heavy atom. The van der Waals surface area contributed by atoms with Gasteiger partial charge in [-0.05, 0) is 37.5 Å². The monoisotopic (exact) mass is 436 g/mol. The molecule has 2 saturated heterocycles. The summed E-state index contributed by atoms with van der Waals surface area (Å²) in [5, 5.41) is 11.5. The largest absolute Gasteiger partial charge is 0.493 e. The third-order valence-corrected chi connectivity index (χ3v) is 7.82. The Morgan fingerprint density at radius 3 is 2.73 bits per heavy atom. The lowest BCUT2D eigenvalue weighted by Crippen LogP contribution is -2.57. The van der Waals surface area contributed by atoms with Crippen molar-refractivity contribution in [3.8, 4) is 0 Å². The lowest BCUT2D eigenvalue weighted by Gasteiger charge is -2.43. The van der Waals surface area contributed by atoms with Crippen LogP contribution in [-0.2, 0) is 23.8 Å². The van der Waals surface area contributed by atoms with Crippen LogP contribution < -0.4 is 0 Å². The van der Waals surface area contributed by atoms with Gasteiger partial charge in [0.05, 0.1) is 11.6 Å². The van der Waals surface area contributed by atoms with Crippen LogP contribution in [0.25, 0.3) is 0 Å². The van der Waals surface area contributed by atoms with Crippen LogP contribution in [0.4, 0.5) is 0 Å². The van der Waals surface area contributed by atoms with Gasteiger partial charge in [-0.15, -0.1) is 0 Å². The topological polar surface area (TPSA) is 82.1 Å². The molecule has 4 aliphatic rings. The molecule has 1 N–H and O–H groups in total. The SMILES string of the molecule is CC[C@H](C)/C=C/C1=CC2=C(Cl)C(=O)[C@@]3(C)O[C@@]4(O)[C@H](C)[C@@H](C)OC(=O)[C@@H]4[C@@H]3C2CO1. The molecule has 0 aromatic heterocycles. The molecule has 30 heavy (non-hydrogen) atoms. The molecule has 3 heterocycles. The molecule has 4 rings (SSSR count). The molecule has 0 aromatic carbocycles. The number of hydrogen-bond donors (Lipinski definition) is 1. The van der Waals surface area contributed by atoms with Crippen molar-refractivity contribution < 1.29 is 28.9 Å². The van der Waals surface area contributed by atoms with Crippen molar-refractivity contribution in [1.82, 2.24) is 0 Å². The maximum Gasteiger partial charge on any atom is 0.315 e. The van der Waals surface area contributed by atoms with Crippen molar-refractivity contribution in [2.24, 2.45) is 29.6 Å². The maximum atomic E-state index is 13.3. The van der Waals surface area contributed by atoms with Gasteiger partial charge in [0.15, 0.2) is 5.79 Å². The molecule has 3 aliphatic heterocycles. The van der Waals surface area contributed by atoms with E-state index in [2.05, 4.69) is 13.8 Å². The summed E-state index contributed by atoms with van der Waals surface area (Å²) >= 11 is 6.52. The van der Waals surface area contributed by atoms with Crippen molar-refractivity contribution in [2.45, 2.75) is 58.5 Å². The number of aliphatic hydroxyl groups is 1. The molecule has 2 fully saturated rings. The fourth-order valence-corrected chi connectivity index (χ4v) is 5.57. The summed E-state index contributed by atoms with van der Waals surface area (Å²) in [7, 11) is 0. The summed E-state index contributed by atoms with van der Waals surface area (Å²) in [5.74, 6) is -4.22.